The molecule has 2 aromatic carbocycles. The van der Waals surface area contributed by atoms with E-state index in [1.807, 2.05) is 51.1 Å². The fourth-order valence-corrected chi connectivity index (χ4v) is 5.77. The number of rotatable bonds is 5. The van der Waals surface area contributed by atoms with Crippen LogP contribution in [-0.4, -0.2) is 38.5 Å². The third-order valence-corrected chi connectivity index (χ3v) is 8.27. The van der Waals surface area contributed by atoms with Crippen molar-refractivity contribution in [3.63, 3.8) is 0 Å². The number of sulfonamides is 1. The van der Waals surface area contributed by atoms with Crippen LogP contribution in [-0.2, 0) is 21.4 Å². The first-order chi connectivity index (χ1) is 14.7. The lowest BCUT2D eigenvalue weighted by molar-refractivity contribution is -0.132. The molecule has 0 atom stereocenters. The number of carbonyl (C=O) groups excluding carboxylic acids is 1. The van der Waals surface area contributed by atoms with Crippen LogP contribution in [0, 0.1) is 19.3 Å². The number of benzene rings is 2. The van der Waals surface area contributed by atoms with Gasteiger partial charge in [-0.25, -0.2) is 8.42 Å². The standard InChI is InChI=1S/C23H28N2O5S/c1-16-4-5-17(2)21(12-16)31(27,28)25-10-8-23(3,9-11-25)22(26)24-14-18-6-7-19-20(13-18)30-15-29-19/h4-7,12-13H,8-11,14-15H2,1-3H3,(H,24,26). The zero-order valence-corrected chi connectivity index (χ0v) is 18.9. The van der Waals surface area contributed by atoms with Gasteiger partial charge in [-0.15, -0.1) is 0 Å². The van der Waals surface area contributed by atoms with Gasteiger partial charge >= 0.3 is 0 Å². The van der Waals surface area contributed by atoms with Gasteiger partial charge in [0.15, 0.2) is 11.5 Å². The van der Waals surface area contributed by atoms with Crippen molar-refractivity contribution < 1.29 is 22.7 Å². The zero-order chi connectivity index (χ0) is 22.2. The predicted molar refractivity (Wildman–Crippen MR) is 116 cm³/mol. The monoisotopic (exact) mass is 444 g/mol. The van der Waals surface area contributed by atoms with Gasteiger partial charge in [-0.1, -0.05) is 25.1 Å². The average molecular weight is 445 g/mol. The van der Waals surface area contributed by atoms with Crippen LogP contribution >= 0.6 is 0 Å². The maximum absolute atomic E-state index is 13.1. The zero-order valence-electron chi connectivity index (χ0n) is 18.1. The van der Waals surface area contributed by atoms with Crippen LogP contribution in [0.3, 0.4) is 0 Å². The minimum absolute atomic E-state index is 0.0612. The Morgan fingerprint density at radius 3 is 2.52 bits per heavy atom. The van der Waals surface area contributed by atoms with E-state index in [1.165, 1.54) is 4.31 Å². The Kier molecular flexibility index (Phi) is 5.70. The van der Waals surface area contributed by atoms with Crippen molar-refractivity contribution in [3.05, 3.63) is 53.1 Å². The molecule has 0 radical (unpaired) electrons. The lowest BCUT2D eigenvalue weighted by Gasteiger charge is -2.37. The van der Waals surface area contributed by atoms with E-state index < -0.39 is 15.4 Å². The Bertz CT molecular complexity index is 1100. The summed E-state index contributed by atoms with van der Waals surface area (Å²) < 4.78 is 38.5. The van der Waals surface area contributed by atoms with Gasteiger partial charge in [0.1, 0.15) is 0 Å². The van der Waals surface area contributed by atoms with E-state index in [0.29, 0.717) is 48.9 Å². The highest BCUT2D eigenvalue weighted by Gasteiger charge is 2.40. The molecule has 0 aliphatic carbocycles. The summed E-state index contributed by atoms with van der Waals surface area (Å²) in [5.74, 6) is 1.33. The molecule has 4 rings (SSSR count). The molecule has 1 fully saturated rings. The lowest BCUT2D eigenvalue weighted by atomic mass is 9.80. The number of nitrogens with zero attached hydrogens (tertiary/aromatic N) is 1. The smallest absolute Gasteiger partial charge is 0.243 e. The molecule has 7 nitrogen and oxygen atoms in total. The van der Waals surface area contributed by atoms with Crippen LogP contribution in [0.2, 0.25) is 0 Å². The third kappa shape index (κ3) is 4.27. The third-order valence-electron chi connectivity index (χ3n) is 6.23. The van der Waals surface area contributed by atoms with E-state index in [1.54, 1.807) is 6.07 Å². The van der Waals surface area contributed by atoms with Crippen LogP contribution in [0.5, 0.6) is 11.5 Å². The van der Waals surface area contributed by atoms with Crippen LogP contribution in [0.25, 0.3) is 0 Å². The second-order valence-corrected chi connectivity index (χ2v) is 10.5. The van der Waals surface area contributed by atoms with E-state index in [-0.39, 0.29) is 12.7 Å². The minimum atomic E-state index is -3.58. The van der Waals surface area contributed by atoms with Crippen LogP contribution in [0.15, 0.2) is 41.3 Å². The molecule has 0 aromatic heterocycles. The number of carbonyl (C=O) groups is 1. The summed E-state index contributed by atoms with van der Waals surface area (Å²) in [5, 5.41) is 3.00. The normalized spacial score (nSPS) is 18.0. The van der Waals surface area contributed by atoms with Gasteiger partial charge < -0.3 is 14.8 Å². The number of fused-ring (bicyclic) bond motifs is 1. The number of ether oxygens (including phenoxy) is 2. The summed E-state index contributed by atoms with van der Waals surface area (Å²) in [6, 6.07) is 11.1. The van der Waals surface area contributed by atoms with E-state index in [9.17, 15) is 13.2 Å². The highest BCUT2D eigenvalue weighted by atomic mass is 32.2. The first kappa shape index (κ1) is 21.6. The number of aryl methyl sites for hydroxylation is 2. The molecular weight excluding hydrogens is 416 g/mol. The summed E-state index contributed by atoms with van der Waals surface area (Å²) in [7, 11) is -3.58. The highest BCUT2D eigenvalue weighted by molar-refractivity contribution is 7.89. The minimum Gasteiger partial charge on any atom is -0.454 e. The molecule has 31 heavy (non-hydrogen) atoms. The molecule has 0 saturated carbocycles. The molecule has 2 aromatic rings. The average Bonchev–Trinajstić information content (AvgIpc) is 3.22. The van der Waals surface area contributed by atoms with Crippen molar-refractivity contribution in [1.29, 1.82) is 0 Å². The number of hydrogen-bond acceptors (Lipinski definition) is 5. The van der Waals surface area contributed by atoms with Gasteiger partial charge in [0.25, 0.3) is 0 Å². The van der Waals surface area contributed by atoms with Crippen LogP contribution in [0.4, 0.5) is 0 Å². The number of amides is 1. The Balaban J connectivity index is 1.38. The van der Waals surface area contributed by atoms with Gasteiger partial charge in [-0.2, -0.15) is 4.31 Å². The van der Waals surface area contributed by atoms with Gasteiger partial charge in [0, 0.05) is 25.0 Å². The molecule has 0 bridgehead atoms. The van der Waals surface area contributed by atoms with Gasteiger partial charge in [0.2, 0.25) is 22.7 Å². The number of hydrogen-bond donors (Lipinski definition) is 1. The SMILES string of the molecule is Cc1ccc(C)c(S(=O)(=O)N2CCC(C)(C(=O)NCc3ccc4c(c3)OCO4)CC2)c1. The Morgan fingerprint density at radius 2 is 1.77 bits per heavy atom. The number of nitrogens with one attached hydrogen (secondary N) is 1. The topological polar surface area (TPSA) is 84.9 Å². The molecule has 2 heterocycles. The Hall–Kier alpha value is -2.58. The molecular formula is C23H28N2O5S. The van der Waals surface area contributed by atoms with Crippen LogP contribution < -0.4 is 14.8 Å². The molecule has 8 heteroatoms. The van der Waals surface area contributed by atoms with E-state index in [2.05, 4.69) is 5.32 Å². The molecule has 0 unspecified atom stereocenters. The van der Waals surface area contributed by atoms with Gasteiger partial charge in [0.05, 0.1) is 4.90 Å². The molecule has 166 valence electrons. The molecule has 2 aliphatic rings. The van der Waals surface area contributed by atoms with Crippen molar-refractivity contribution in [2.75, 3.05) is 19.9 Å². The van der Waals surface area contributed by atoms with Crippen molar-refractivity contribution in [2.45, 2.75) is 45.1 Å². The summed E-state index contributed by atoms with van der Waals surface area (Å²) in [5.41, 5.74) is 1.97. The molecule has 1 N–H and O–H groups in total. The summed E-state index contributed by atoms with van der Waals surface area (Å²) in [6.45, 7) is 6.84. The van der Waals surface area contributed by atoms with E-state index in [0.717, 1.165) is 16.7 Å². The maximum atomic E-state index is 13.1. The van der Waals surface area contributed by atoms with Gasteiger partial charge in [-0.3, -0.25) is 4.79 Å². The molecule has 1 amide bonds. The maximum Gasteiger partial charge on any atom is 0.243 e. The second-order valence-electron chi connectivity index (χ2n) is 8.60. The number of piperidine rings is 1. The van der Waals surface area contributed by atoms with Crippen molar-refractivity contribution in [1.82, 2.24) is 9.62 Å². The Morgan fingerprint density at radius 1 is 1.06 bits per heavy atom. The highest BCUT2D eigenvalue weighted by Crippen LogP contribution is 2.35. The second kappa shape index (κ2) is 8.16. The first-order valence-electron chi connectivity index (χ1n) is 10.4. The first-order valence-corrected chi connectivity index (χ1v) is 11.9. The Labute approximate surface area is 183 Å². The molecule has 1 saturated heterocycles. The lowest BCUT2D eigenvalue weighted by Crippen LogP contribution is -2.48. The fourth-order valence-electron chi connectivity index (χ4n) is 4.02. The molecule has 0 spiro atoms. The van der Waals surface area contributed by atoms with Crippen molar-refractivity contribution in [2.24, 2.45) is 5.41 Å². The van der Waals surface area contributed by atoms with Gasteiger partial charge in [-0.05, 0) is 61.6 Å². The summed E-state index contributed by atoms with van der Waals surface area (Å²) >= 11 is 0. The van der Waals surface area contributed by atoms with E-state index >= 15 is 0 Å². The largest absolute Gasteiger partial charge is 0.454 e. The summed E-state index contributed by atoms with van der Waals surface area (Å²) in [4.78, 5) is 13.3. The van der Waals surface area contributed by atoms with Crippen LogP contribution in [0.1, 0.15) is 36.5 Å². The summed E-state index contributed by atoms with van der Waals surface area (Å²) in [6.07, 6.45) is 0.953. The fraction of sp³-hybridized carbons (Fsp3) is 0.435. The van der Waals surface area contributed by atoms with E-state index in [4.69, 9.17) is 9.47 Å². The quantitative estimate of drug-likeness (QED) is 0.766. The van der Waals surface area contributed by atoms with Crippen molar-refractivity contribution in [3.8, 4) is 11.5 Å². The molecule has 2 aliphatic heterocycles. The van der Waals surface area contributed by atoms with Crippen molar-refractivity contribution >= 4 is 15.9 Å². The predicted octanol–water partition coefficient (Wildman–Crippen LogP) is 3.14.